The molecule has 1 saturated carbocycles. The van der Waals surface area contributed by atoms with E-state index < -0.39 is 5.60 Å². The van der Waals surface area contributed by atoms with E-state index in [1.807, 2.05) is 0 Å². The highest BCUT2D eigenvalue weighted by molar-refractivity contribution is 5.03. The molecule has 0 atom stereocenters. The van der Waals surface area contributed by atoms with Gasteiger partial charge in [-0.25, -0.2) is 0 Å². The second-order valence-electron chi connectivity index (χ2n) is 4.26. The Labute approximate surface area is 73.4 Å². The number of aliphatic hydroxyl groups excluding tert-OH is 1. The Hall–Kier alpha value is -0.120. The van der Waals surface area contributed by atoms with E-state index in [-0.39, 0.29) is 18.1 Å². The van der Waals surface area contributed by atoms with Crippen LogP contribution in [0.15, 0.2) is 0 Å². The van der Waals surface area contributed by atoms with Crippen molar-refractivity contribution in [2.75, 3.05) is 13.7 Å². The van der Waals surface area contributed by atoms with Gasteiger partial charge in [-0.1, -0.05) is 0 Å². The van der Waals surface area contributed by atoms with Crippen LogP contribution in [0.25, 0.3) is 0 Å². The maximum atomic E-state index is 9.79. The van der Waals surface area contributed by atoms with E-state index in [0.29, 0.717) is 0 Å². The summed E-state index contributed by atoms with van der Waals surface area (Å²) in [6.45, 7) is 3.53. The highest BCUT2D eigenvalue weighted by Gasteiger charge is 2.53. The highest BCUT2D eigenvalue weighted by Crippen LogP contribution is 2.49. The quantitative estimate of drug-likeness (QED) is 0.656. The number of ether oxygens (including phenoxy) is 1. The van der Waals surface area contributed by atoms with Gasteiger partial charge >= 0.3 is 0 Å². The number of aliphatic hydroxyl groups is 2. The van der Waals surface area contributed by atoms with Crippen molar-refractivity contribution in [2.45, 2.75) is 38.4 Å². The van der Waals surface area contributed by atoms with Crippen LogP contribution >= 0.6 is 0 Å². The number of rotatable bonds is 3. The molecule has 72 valence electrons. The van der Waals surface area contributed by atoms with Gasteiger partial charge in [-0.3, -0.25) is 0 Å². The standard InChI is InChI=1S/C9H18O3/c1-8(2,11)9(6-10)4-7(5-9)12-3/h7,10-11H,4-6H2,1-3H3. The summed E-state index contributed by atoms with van der Waals surface area (Å²) >= 11 is 0. The smallest absolute Gasteiger partial charge is 0.0671 e. The predicted octanol–water partition coefficient (Wildman–Crippen LogP) is 0.545. The summed E-state index contributed by atoms with van der Waals surface area (Å²) in [5.74, 6) is 0. The molecule has 1 rings (SSSR count). The van der Waals surface area contributed by atoms with Gasteiger partial charge in [0, 0.05) is 12.5 Å². The summed E-state index contributed by atoms with van der Waals surface area (Å²) in [6, 6.07) is 0. The van der Waals surface area contributed by atoms with E-state index in [1.165, 1.54) is 0 Å². The van der Waals surface area contributed by atoms with E-state index >= 15 is 0 Å². The van der Waals surface area contributed by atoms with E-state index in [0.717, 1.165) is 12.8 Å². The van der Waals surface area contributed by atoms with Gasteiger partial charge in [0.25, 0.3) is 0 Å². The number of methoxy groups -OCH3 is 1. The fourth-order valence-corrected chi connectivity index (χ4v) is 1.80. The van der Waals surface area contributed by atoms with Crippen LogP contribution in [0.2, 0.25) is 0 Å². The zero-order chi connectivity index (χ0) is 9.41. The van der Waals surface area contributed by atoms with Crippen LogP contribution in [-0.4, -0.2) is 35.6 Å². The maximum Gasteiger partial charge on any atom is 0.0671 e. The molecule has 1 aliphatic rings. The van der Waals surface area contributed by atoms with Gasteiger partial charge in [0.15, 0.2) is 0 Å². The summed E-state index contributed by atoms with van der Waals surface area (Å²) in [6.07, 6.45) is 1.72. The third-order valence-electron chi connectivity index (χ3n) is 3.17. The third-order valence-corrected chi connectivity index (χ3v) is 3.17. The molecule has 0 unspecified atom stereocenters. The average Bonchev–Trinajstić information content (AvgIpc) is 1.84. The molecule has 0 radical (unpaired) electrons. The molecular formula is C9H18O3. The lowest BCUT2D eigenvalue weighted by Crippen LogP contribution is -2.57. The zero-order valence-corrected chi connectivity index (χ0v) is 8.00. The van der Waals surface area contributed by atoms with Crippen LogP contribution in [0.3, 0.4) is 0 Å². The minimum absolute atomic E-state index is 0.0381. The molecular weight excluding hydrogens is 156 g/mol. The molecule has 0 aliphatic heterocycles. The van der Waals surface area contributed by atoms with Crippen LogP contribution in [0, 0.1) is 5.41 Å². The van der Waals surface area contributed by atoms with Crippen LogP contribution < -0.4 is 0 Å². The lowest BCUT2D eigenvalue weighted by Gasteiger charge is -2.52. The Morgan fingerprint density at radius 3 is 2.25 bits per heavy atom. The summed E-state index contributed by atoms with van der Waals surface area (Å²) in [5.41, 5.74) is -1.15. The molecule has 0 aromatic heterocycles. The van der Waals surface area contributed by atoms with Crippen LogP contribution in [0.4, 0.5) is 0 Å². The van der Waals surface area contributed by atoms with Gasteiger partial charge in [0.05, 0.1) is 18.3 Å². The van der Waals surface area contributed by atoms with Crippen LogP contribution in [-0.2, 0) is 4.74 Å². The van der Waals surface area contributed by atoms with Crippen molar-refractivity contribution in [3.05, 3.63) is 0 Å². The van der Waals surface area contributed by atoms with E-state index in [1.54, 1.807) is 21.0 Å². The molecule has 3 nitrogen and oxygen atoms in total. The van der Waals surface area contributed by atoms with Crippen molar-refractivity contribution >= 4 is 0 Å². The predicted molar refractivity (Wildman–Crippen MR) is 45.8 cm³/mol. The summed E-state index contributed by atoms with van der Waals surface area (Å²) in [4.78, 5) is 0. The van der Waals surface area contributed by atoms with Gasteiger partial charge < -0.3 is 14.9 Å². The SMILES string of the molecule is COC1CC(CO)(C(C)(C)O)C1. The Morgan fingerprint density at radius 2 is 2.00 bits per heavy atom. The molecule has 0 spiro atoms. The topological polar surface area (TPSA) is 49.7 Å². The summed E-state index contributed by atoms with van der Waals surface area (Å²) in [7, 11) is 1.66. The molecule has 0 aromatic rings. The molecule has 0 heterocycles. The van der Waals surface area contributed by atoms with Gasteiger partial charge in [0.2, 0.25) is 0 Å². The molecule has 1 fully saturated rings. The molecule has 0 bridgehead atoms. The maximum absolute atomic E-state index is 9.79. The first-order chi connectivity index (χ1) is 5.45. The van der Waals surface area contributed by atoms with Crippen molar-refractivity contribution in [1.29, 1.82) is 0 Å². The minimum atomic E-state index is -0.809. The Bertz CT molecular complexity index is 154. The van der Waals surface area contributed by atoms with E-state index in [2.05, 4.69) is 0 Å². The number of hydrogen-bond donors (Lipinski definition) is 2. The lowest BCUT2D eigenvalue weighted by molar-refractivity contribution is -0.182. The van der Waals surface area contributed by atoms with Crippen molar-refractivity contribution in [1.82, 2.24) is 0 Å². The third kappa shape index (κ3) is 1.37. The molecule has 0 aromatic carbocycles. The van der Waals surface area contributed by atoms with Gasteiger partial charge in [-0.05, 0) is 26.7 Å². The Kier molecular flexibility index (Phi) is 2.47. The first-order valence-corrected chi connectivity index (χ1v) is 4.31. The first-order valence-electron chi connectivity index (χ1n) is 4.31. The molecule has 0 saturated heterocycles. The lowest BCUT2D eigenvalue weighted by atomic mass is 9.59. The van der Waals surface area contributed by atoms with Crippen molar-refractivity contribution < 1.29 is 14.9 Å². The monoisotopic (exact) mass is 174 g/mol. The van der Waals surface area contributed by atoms with Crippen LogP contribution in [0.5, 0.6) is 0 Å². The minimum Gasteiger partial charge on any atom is -0.396 e. The normalized spacial score (nSPS) is 36.2. The number of hydrogen-bond acceptors (Lipinski definition) is 3. The summed E-state index contributed by atoms with van der Waals surface area (Å²) < 4.78 is 5.12. The Balaban J connectivity index is 2.59. The van der Waals surface area contributed by atoms with E-state index in [4.69, 9.17) is 9.84 Å². The average molecular weight is 174 g/mol. The van der Waals surface area contributed by atoms with Crippen molar-refractivity contribution in [2.24, 2.45) is 5.41 Å². The van der Waals surface area contributed by atoms with Gasteiger partial charge in [0.1, 0.15) is 0 Å². The molecule has 1 aliphatic carbocycles. The second-order valence-corrected chi connectivity index (χ2v) is 4.26. The molecule has 12 heavy (non-hydrogen) atoms. The summed E-state index contributed by atoms with van der Waals surface area (Å²) in [5, 5.41) is 19.0. The fraction of sp³-hybridized carbons (Fsp3) is 1.00. The largest absolute Gasteiger partial charge is 0.396 e. The highest BCUT2D eigenvalue weighted by atomic mass is 16.5. The first kappa shape index (κ1) is 9.96. The van der Waals surface area contributed by atoms with Crippen LogP contribution in [0.1, 0.15) is 26.7 Å². The van der Waals surface area contributed by atoms with Crippen molar-refractivity contribution in [3.63, 3.8) is 0 Å². The zero-order valence-electron chi connectivity index (χ0n) is 8.00. The molecule has 0 amide bonds. The van der Waals surface area contributed by atoms with Gasteiger partial charge in [-0.15, -0.1) is 0 Å². The van der Waals surface area contributed by atoms with E-state index in [9.17, 15) is 5.11 Å². The van der Waals surface area contributed by atoms with Gasteiger partial charge in [-0.2, -0.15) is 0 Å². The van der Waals surface area contributed by atoms with Crippen molar-refractivity contribution in [3.8, 4) is 0 Å². The fourth-order valence-electron chi connectivity index (χ4n) is 1.80. The Morgan fingerprint density at radius 1 is 1.50 bits per heavy atom. The second kappa shape index (κ2) is 2.98. The molecule has 2 N–H and O–H groups in total. The molecule has 3 heteroatoms.